The highest BCUT2D eigenvalue weighted by Crippen LogP contribution is 2.24. The minimum Gasteiger partial charge on any atom is -0.457 e. The molecule has 1 aromatic heterocycles. The second kappa shape index (κ2) is 9.44. The fourth-order valence-electron chi connectivity index (χ4n) is 2.66. The molecular formula is C21H16Cl3FN2O2. The zero-order chi connectivity index (χ0) is 21.0. The lowest BCUT2D eigenvalue weighted by atomic mass is 10.2. The molecule has 0 amide bonds. The third-order valence-corrected chi connectivity index (χ3v) is 5.32. The van der Waals surface area contributed by atoms with E-state index in [4.69, 9.17) is 39.5 Å². The van der Waals surface area contributed by atoms with Crippen LogP contribution in [0.5, 0.6) is 0 Å². The molecule has 150 valence electrons. The first-order valence-electron chi connectivity index (χ1n) is 8.61. The number of hydrogen-bond donors (Lipinski definition) is 0. The summed E-state index contributed by atoms with van der Waals surface area (Å²) in [7, 11) is 0. The number of halogens is 4. The van der Waals surface area contributed by atoms with Gasteiger partial charge >= 0.3 is 5.97 Å². The normalized spacial score (nSPS) is 11.2. The van der Waals surface area contributed by atoms with E-state index in [0.29, 0.717) is 28.0 Å². The molecule has 2 aromatic carbocycles. The third-order valence-electron chi connectivity index (χ3n) is 4.19. The average molecular weight is 454 g/mol. The molecule has 0 aliphatic carbocycles. The van der Waals surface area contributed by atoms with Crippen molar-refractivity contribution in [1.82, 2.24) is 9.78 Å². The van der Waals surface area contributed by atoms with Crippen molar-refractivity contribution in [3.05, 3.63) is 91.9 Å². The summed E-state index contributed by atoms with van der Waals surface area (Å²) >= 11 is 18.5. The molecule has 0 bridgehead atoms. The summed E-state index contributed by atoms with van der Waals surface area (Å²) in [6, 6.07) is 11.7. The van der Waals surface area contributed by atoms with Gasteiger partial charge in [0.1, 0.15) is 17.6 Å². The highest BCUT2D eigenvalue weighted by Gasteiger charge is 2.14. The summed E-state index contributed by atoms with van der Waals surface area (Å²) in [6.45, 7) is 1.90. The smallest absolute Gasteiger partial charge is 0.331 e. The predicted molar refractivity (Wildman–Crippen MR) is 113 cm³/mol. The molecule has 3 aromatic rings. The first-order valence-corrected chi connectivity index (χ1v) is 9.74. The van der Waals surface area contributed by atoms with Crippen molar-refractivity contribution in [3.8, 4) is 0 Å². The van der Waals surface area contributed by atoms with Crippen LogP contribution in [0.4, 0.5) is 4.39 Å². The minimum absolute atomic E-state index is 0.123. The Hall–Kier alpha value is -2.34. The summed E-state index contributed by atoms with van der Waals surface area (Å²) in [5, 5.41) is 5.57. The SMILES string of the molecule is Cc1nn(Cc2ccccc2Cl)c(Cl)c1C=CC(=O)OCc1c(F)cccc1Cl. The number of carbonyl (C=O) groups excluding carboxylic acids is 1. The number of aryl methyl sites for hydroxylation is 1. The fraction of sp³-hybridized carbons (Fsp3) is 0.143. The Balaban J connectivity index is 1.69. The van der Waals surface area contributed by atoms with Crippen molar-refractivity contribution in [2.75, 3.05) is 0 Å². The van der Waals surface area contributed by atoms with E-state index in [0.717, 1.165) is 5.56 Å². The topological polar surface area (TPSA) is 44.1 Å². The Morgan fingerprint density at radius 3 is 2.59 bits per heavy atom. The van der Waals surface area contributed by atoms with E-state index < -0.39 is 11.8 Å². The molecule has 0 atom stereocenters. The fourth-order valence-corrected chi connectivity index (χ4v) is 3.37. The van der Waals surface area contributed by atoms with E-state index in [-0.39, 0.29) is 17.2 Å². The van der Waals surface area contributed by atoms with Gasteiger partial charge in [0.25, 0.3) is 0 Å². The highest BCUT2D eigenvalue weighted by atomic mass is 35.5. The number of nitrogens with zero attached hydrogens (tertiary/aromatic N) is 2. The quantitative estimate of drug-likeness (QED) is 0.335. The Kier molecular flexibility index (Phi) is 6.96. The van der Waals surface area contributed by atoms with E-state index >= 15 is 0 Å². The zero-order valence-corrected chi connectivity index (χ0v) is 17.6. The molecule has 0 spiro atoms. The standard InChI is InChI=1S/C21H16Cl3FN2O2/c1-13-15(21(24)27(26-13)11-14-5-2-3-6-17(14)22)9-10-20(28)29-12-16-18(23)7-4-8-19(16)25/h2-10H,11-12H2,1H3. The van der Waals surface area contributed by atoms with Crippen LogP contribution >= 0.6 is 34.8 Å². The van der Waals surface area contributed by atoms with Gasteiger partial charge in [0.2, 0.25) is 0 Å². The van der Waals surface area contributed by atoms with E-state index in [1.54, 1.807) is 17.7 Å². The second-order valence-electron chi connectivity index (χ2n) is 6.18. The van der Waals surface area contributed by atoms with Crippen molar-refractivity contribution in [2.45, 2.75) is 20.1 Å². The largest absolute Gasteiger partial charge is 0.457 e. The lowest BCUT2D eigenvalue weighted by molar-refractivity contribution is -0.138. The van der Waals surface area contributed by atoms with Crippen molar-refractivity contribution < 1.29 is 13.9 Å². The highest BCUT2D eigenvalue weighted by molar-refractivity contribution is 6.32. The van der Waals surface area contributed by atoms with Gasteiger partial charge in [-0.3, -0.25) is 0 Å². The minimum atomic E-state index is -0.654. The van der Waals surface area contributed by atoms with Crippen LogP contribution in [0, 0.1) is 12.7 Å². The van der Waals surface area contributed by atoms with Crippen LogP contribution in [0.25, 0.3) is 6.08 Å². The van der Waals surface area contributed by atoms with Crippen LogP contribution in [-0.2, 0) is 22.7 Å². The van der Waals surface area contributed by atoms with Crippen LogP contribution < -0.4 is 0 Å². The molecule has 0 N–H and O–H groups in total. The molecule has 1 heterocycles. The van der Waals surface area contributed by atoms with E-state index in [1.165, 1.54) is 30.4 Å². The van der Waals surface area contributed by atoms with Gasteiger partial charge < -0.3 is 4.74 Å². The van der Waals surface area contributed by atoms with Gasteiger partial charge in [-0.2, -0.15) is 5.10 Å². The van der Waals surface area contributed by atoms with Crippen LogP contribution in [-0.4, -0.2) is 15.7 Å². The summed E-state index contributed by atoms with van der Waals surface area (Å²) < 4.78 is 20.4. The molecule has 0 unspecified atom stereocenters. The Bertz CT molecular complexity index is 1060. The van der Waals surface area contributed by atoms with Crippen molar-refractivity contribution in [2.24, 2.45) is 0 Å². The number of carbonyl (C=O) groups is 1. The number of rotatable bonds is 6. The average Bonchev–Trinajstić information content (AvgIpc) is 2.94. The molecule has 3 rings (SSSR count). The summed E-state index contributed by atoms with van der Waals surface area (Å²) in [5.41, 5.74) is 2.22. The Morgan fingerprint density at radius 2 is 1.86 bits per heavy atom. The maximum atomic E-state index is 13.7. The summed E-state index contributed by atoms with van der Waals surface area (Å²) in [6.07, 6.45) is 2.73. The maximum absolute atomic E-state index is 13.7. The molecule has 0 radical (unpaired) electrons. The lowest BCUT2D eigenvalue weighted by Gasteiger charge is -2.06. The van der Waals surface area contributed by atoms with Gasteiger partial charge in [-0.05, 0) is 36.8 Å². The Labute approximate surface area is 182 Å². The van der Waals surface area contributed by atoms with Gasteiger partial charge in [-0.1, -0.05) is 59.1 Å². The second-order valence-corrected chi connectivity index (χ2v) is 7.35. The third kappa shape index (κ3) is 5.18. The van der Waals surface area contributed by atoms with Gasteiger partial charge in [-0.25, -0.2) is 13.9 Å². The van der Waals surface area contributed by atoms with Crippen LogP contribution in [0.15, 0.2) is 48.5 Å². The number of benzene rings is 2. The first kappa shape index (κ1) is 21.4. The zero-order valence-electron chi connectivity index (χ0n) is 15.3. The van der Waals surface area contributed by atoms with Gasteiger partial charge in [0.05, 0.1) is 17.3 Å². The molecule has 0 aliphatic heterocycles. The molecular weight excluding hydrogens is 438 g/mol. The van der Waals surface area contributed by atoms with E-state index in [1.807, 2.05) is 18.2 Å². The number of ether oxygens (including phenoxy) is 1. The summed E-state index contributed by atoms with van der Waals surface area (Å²) in [4.78, 5) is 12.0. The number of hydrogen-bond acceptors (Lipinski definition) is 3. The number of esters is 1. The van der Waals surface area contributed by atoms with Gasteiger partial charge in [0.15, 0.2) is 0 Å². The first-order chi connectivity index (χ1) is 13.9. The molecule has 4 nitrogen and oxygen atoms in total. The van der Waals surface area contributed by atoms with E-state index in [9.17, 15) is 9.18 Å². The molecule has 8 heteroatoms. The van der Waals surface area contributed by atoms with Crippen molar-refractivity contribution >= 4 is 46.8 Å². The molecule has 29 heavy (non-hydrogen) atoms. The summed E-state index contributed by atoms with van der Waals surface area (Å²) in [5.74, 6) is -1.19. The molecule has 0 fully saturated rings. The number of aromatic nitrogens is 2. The predicted octanol–water partition coefficient (Wildman–Crippen LogP) is 6.10. The van der Waals surface area contributed by atoms with Crippen LogP contribution in [0.1, 0.15) is 22.4 Å². The van der Waals surface area contributed by atoms with E-state index in [2.05, 4.69) is 5.10 Å². The maximum Gasteiger partial charge on any atom is 0.331 e. The molecule has 0 aliphatic rings. The van der Waals surface area contributed by atoms with Crippen LogP contribution in [0.3, 0.4) is 0 Å². The lowest BCUT2D eigenvalue weighted by Crippen LogP contribution is -2.03. The van der Waals surface area contributed by atoms with Crippen LogP contribution in [0.2, 0.25) is 15.2 Å². The monoisotopic (exact) mass is 452 g/mol. The van der Waals surface area contributed by atoms with Crippen molar-refractivity contribution in [1.29, 1.82) is 0 Å². The Morgan fingerprint density at radius 1 is 1.14 bits per heavy atom. The van der Waals surface area contributed by atoms with Gasteiger partial charge in [-0.15, -0.1) is 0 Å². The van der Waals surface area contributed by atoms with Gasteiger partial charge in [0, 0.05) is 22.2 Å². The molecule has 0 saturated heterocycles. The van der Waals surface area contributed by atoms with Crippen molar-refractivity contribution in [3.63, 3.8) is 0 Å². The molecule has 0 saturated carbocycles.